The van der Waals surface area contributed by atoms with Gasteiger partial charge in [0.05, 0.1) is 18.0 Å². The molecule has 2 aromatic heterocycles. The van der Waals surface area contributed by atoms with Crippen molar-refractivity contribution in [1.82, 2.24) is 19.7 Å². The van der Waals surface area contributed by atoms with E-state index in [-0.39, 0.29) is 64.8 Å². The Bertz CT molecular complexity index is 1970. The van der Waals surface area contributed by atoms with E-state index >= 15 is 0 Å². The third kappa shape index (κ3) is 6.15. The van der Waals surface area contributed by atoms with Gasteiger partial charge in [0.2, 0.25) is 0 Å². The molecule has 57 heavy (non-hydrogen) atoms. The van der Waals surface area contributed by atoms with Crippen LogP contribution in [0.2, 0.25) is 0 Å². The van der Waals surface area contributed by atoms with Crippen LogP contribution in [-0.4, -0.2) is 60.3 Å². The van der Waals surface area contributed by atoms with Gasteiger partial charge in [0.25, 0.3) is 0 Å². The summed E-state index contributed by atoms with van der Waals surface area (Å²) in [6, 6.07) is 2.87. The van der Waals surface area contributed by atoms with Crippen LogP contribution in [0.15, 0.2) is 29.5 Å². The molecule has 9 atom stereocenters. The summed E-state index contributed by atoms with van der Waals surface area (Å²) in [5.41, 5.74) is 5.99. The number of nitrogens with two attached hydrogens (primary N) is 1. The molecule has 0 saturated heterocycles. The molecule has 5 aliphatic rings. The Balaban J connectivity index is 1.22. The Labute approximate surface area is 336 Å². The summed E-state index contributed by atoms with van der Waals surface area (Å²) in [5.74, 6) is -0.251. The van der Waals surface area contributed by atoms with Gasteiger partial charge >= 0.3 is 11.9 Å². The smallest absolute Gasteiger partial charge is 0.309 e. The highest BCUT2D eigenvalue weighted by Crippen LogP contribution is 2.77. The van der Waals surface area contributed by atoms with Gasteiger partial charge in [-0.2, -0.15) is 0 Å². The van der Waals surface area contributed by atoms with Crippen molar-refractivity contribution in [1.29, 1.82) is 0 Å². The fourth-order valence-electron chi connectivity index (χ4n) is 13.6. The summed E-state index contributed by atoms with van der Waals surface area (Å²) in [6.07, 6.45) is 6.84. The van der Waals surface area contributed by atoms with Gasteiger partial charge in [0, 0.05) is 30.3 Å². The molecule has 0 aromatic carbocycles. The average Bonchev–Trinajstić information content (AvgIpc) is 3.68. The number of fused-ring (bicyclic) bond motifs is 7. The van der Waals surface area contributed by atoms with Crippen molar-refractivity contribution in [2.24, 2.45) is 61.9 Å². The molecule has 0 radical (unpaired) electrons. The number of ketones is 1. The molecule has 0 aliphatic heterocycles. The third-order valence-corrected chi connectivity index (χ3v) is 16.7. The summed E-state index contributed by atoms with van der Waals surface area (Å²) in [5, 5.41) is 31.4. The molecule has 7 rings (SSSR count). The van der Waals surface area contributed by atoms with Crippen LogP contribution in [0.4, 0.5) is 4.39 Å². The van der Waals surface area contributed by atoms with E-state index in [4.69, 9.17) is 10.5 Å². The van der Waals surface area contributed by atoms with E-state index in [2.05, 4.69) is 63.6 Å². The standard InChI is InChI=1S/C45H64FN5O6/c1-25(2)34-29(52)22-45(36(54)38-50-49-37(51(38)21-20-47)28-12-10-26(46)24-48-28)19-18-43(8)27(35(34)45)11-13-31-42(7)16-15-32(57-33(53)23-40(3,4)39(55)56)41(5,6)30(42)14-17-44(31,43)9/h10,12,24-25,27,30-32,36,54H,11,13-23,47H2,1-9H3,(H,55,56)/t27-,30+,31-,32+,36+,42+,43-,44-,45-/m1/s1. The number of aromatic nitrogens is 4. The molecule has 11 nitrogen and oxygen atoms in total. The lowest BCUT2D eigenvalue weighted by Gasteiger charge is -2.72. The zero-order chi connectivity index (χ0) is 41.7. The highest BCUT2D eigenvalue weighted by atomic mass is 19.1. The fraction of sp³-hybridized carbons (Fsp3) is 0.733. The fourth-order valence-corrected chi connectivity index (χ4v) is 13.6. The van der Waals surface area contributed by atoms with E-state index in [0.717, 1.165) is 62.3 Å². The molecule has 0 unspecified atom stereocenters. The van der Waals surface area contributed by atoms with Crippen molar-refractivity contribution in [3.8, 4) is 11.5 Å². The van der Waals surface area contributed by atoms with E-state index in [1.807, 2.05) is 0 Å². The van der Waals surface area contributed by atoms with Crippen molar-refractivity contribution in [2.45, 2.75) is 145 Å². The van der Waals surface area contributed by atoms with Crippen LogP contribution >= 0.6 is 0 Å². The van der Waals surface area contributed by atoms with Gasteiger partial charge in [-0.1, -0.05) is 48.5 Å². The number of halogens is 1. The predicted octanol–water partition coefficient (Wildman–Crippen LogP) is 7.86. The second kappa shape index (κ2) is 14.1. The van der Waals surface area contributed by atoms with Crippen molar-refractivity contribution in [3.63, 3.8) is 0 Å². The second-order valence-corrected chi connectivity index (χ2v) is 20.6. The highest BCUT2D eigenvalue weighted by molar-refractivity contribution is 6.00. The number of ether oxygens (including phenoxy) is 1. The van der Waals surface area contributed by atoms with Crippen LogP contribution in [0.5, 0.6) is 0 Å². The Morgan fingerprint density at radius 2 is 1.72 bits per heavy atom. The number of rotatable bonds is 10. The molecule has 4 fully saturated rings. The van der Waals surface area contributed by atoms with Crippen molar-refractivity contribution >= 4 is 17.7 Å². The van der Waals surface area contributed by atoms with Crippen LogP contribution in [0, 0.1) is 62.0 Å². The number of nitrogens with zero attached hydrogens (tertiary/aromatic N) is 4. The average molecular weight is 790 g/mol. The molecule has 4 saturated carbocycles. The van der Waals surface area contributed by atoms with E-state index in [9.17, 15) is 29.0 Å². The topological polar surface area (TPSA) is 171 Å². The maximum atomic E-state index is 14.3. The normalized spacial score (nSPS) is 35.3. The number of pyridine rings is 1. The molecule has 2 heterocycles. The van der Waals surface area contributed by atoms with Crippen molar-refractivity contribution < 1.29 is 33.7 Å². The van der Waals surface area contributed by atoms with Crippen LogP contribution in [0.25, 0.3) is 11.5 Å². The Morgan fingerprint density at radius 1 is 1.00 bits per heavy atom. The molecular formula is C45H64FN5O6. The lowest BCUT2D eigenvalue weighted by molar-refractivity contribution is -0.235. The molecular weight excluding hydrogens is 726 g/mol. The number of carbonyl (C=O) groups excluding carboxylic acids is 2. The van der Waals surface area contributed by atoms with Crippen LogP contribution in [0.3, 0.4) is 0 Å². The van der Waals surface area contributed by atoms with E-state index in [1.54, 1.807) is 24.5 Å². The van der Waals surface area contributed by atoms with Crippen molar-refractivity contribution in [3.05, 3.63) is 41.1 Å². The summed E-state index contributed by atoms with van der Waals surface area (Å²) in [6.45, 7) is 19.8. The molecule has 0 spiro atoms. The number of carboxylic acids is 1. The Kier molecular flexibility index (Phi) is 10.3. The SMILES string of the molecule is CC(C)C1=C2[C@H]3CC[C@@H]4[C@@]5(C)CC[C@H](OC(=O)CC(C)(C)C(=O)O)C(C)(C)[C@@H]5CC[C@@]4(C)[C@]3(C)CC[C@@]2([C@@H](O)c2nnc(-c3ccc(F)cn3)n2CCN)CC1=O. The first-order chi connectivity index (χ1) is 26.6. The maximum Gasteiger partial charge on any atom is 0.309 e. The summed E-state index contributed by atoms with van der Waals surface area (Å²) in [4.78, 5) is 43.5. The number of aliphatic hydroxyl groups is 1. The number of aliphatic carboxylic acids is 1. The number of carbonyl (C=O) groups is 3. The first kappa shape index (κ1) is 41.6. The van der Waals surface area contributed by atoms with Gasteiger partial charge in [-0.25, -0.2) is 9.37 Å². The Morgan fingerprint density at radius 3 is 2.35 bits per heavy atom. The summed E-state index contributed by atoms with van der Waals surface area (Å²) >= 11 is 0. The first-order valence-corrected chi connectivity index (χ1v) is 21.2. The molecule has 0 amide bonds. The van der Waals surface area contributed by atoms with Gasteiger partial charge in [0.15, 0.2) is 17.4 Å². The van der Waals surface area contributed by atoms with Gasteiger partial charge in [-0.05, 0) is 128 Å². The third-order valence-electron chi connectivity index (χ3n) is 16.7. The lowest BCUT2D eigenvalue weighted by atomic mass is 9.33. The molecule has 5 aliphatic carbocycles. The largest absolute Gasteiger partial charge is 0.481 e. The van der Waals surface area contributed by atoms with Gasteiger partial charge in [0.1, 0.15) is 23.7 Å². The van der Waals surface area contributed by atoms with Gasteiger partial charge < -0.3 is 25.3 Å². The van der Waals surface area contributed by atoms with Crippen LogP contribution in [-0.2, 0) is 25.7 Å². The first-order valence-electron chi connectivity index (χ1n) is 21.2. The minimum atomic E-state index is -1.19. The van der Waals surface area contributed by atoms with E-state index in [1.165, 1.54) is 6.07 Å². The number of allylic oxidation sites excluding steroid dienone is 1. The molecule has 4 N–H and O–H groups in total. The maximum absolute atomic E-state index is 14.3. The summed E-state index contributed by atoms with van der Waals surface area (Å²) in [7, 11) is 0. The number of carboxylic acid groups (broad SMARTS) is 1. The summed E-state index contributed by atoms with van der Waals surface area (Å²) < 4.78 is 21.8. The molecule has 312 valence electrons. The quantitative estimate of drug-likeness (QED) is 0.201. The monoisotopic (exact) mass is 789 g/mol. The highest BCUT2D eigenvalue weighted by Gasteiger charge is 2.71. The van der Waals surface area contributed by atoms with E-state index < -0.39 is 34.7 Å². The van der Waals surface area contributed by atoms with Crippen LogP contribution in [0.1, 0.15) is 138 Å². The number of Topliss-reactive ketones (excluding diaryl/α,β-unsaturated/α-hetero) is 1. The number of hydrogen-bond acceptors (Lipinski definition) is 9. The second-order valence-electron chi connectivity index (χ2n) is 20.6. The zero-order valence-electron chi connectivity index (χ0n) is 35.5. The molecule has 0 bridgehead atoms. The van der Waals surface area contributed by atoms with Gasteiger partial charge in [-0.15, -0.1) is 10.2 Å². The zero-order valence-corrected chi connectivity index (χ0v) is 35.5. The minimum absolute atomic E-state index is 0.00798. The minimum Gasteiger partial charge on any atom is -0.481 e. The number of hydrogen-bond donors (Lipinski definition) is 3. The van der Waals surface area contributed by atoms with Crippen LogP contribution < -0.4 is 5.73 Å². The Hall–Kier alpha value is -3.51. The predicted molar refractivity (Wildman–Crippen MR) is 213 cm³/mol. The van der Waals surface area contributed by atoms with Gasteiger partial charge in [-0.3, -0.25) is 14.4 Å². The lowest BCUT2D eigenvalue weighted by Crippen LogP contribution is -2.66. The number of esters is 1. The number of aliphatic hydroxyl groups excluding tert-OH is 1. The van der Waals surface area contributed by atoms with Crippen molar-refractivity contribution in [2.75, 3.05) is 6.54 Å². The molecule has 12 heteroatoms. The van der Waals surface area contributed by atoms with E-state index in [0.29, 0.717) is 42.1 Å². The molecule has 2 aromatic rings.